The normalized spacial score (nSPS) is 13.8. The van der Waals surface area contributed by atoms with Gasteiger partial charge < -0.3 is 20.3 Å². The topological polar surface area (TPSA) is 95.9 Å². The highest BCUT2D eigenvalue weighted by molar-refractivity contribution is 5.77. The summed E-state index contributed by atoms with van der Waals surface area (Å²) in [6.45, 7) is 6.30. The summed E-state index contributed by atoms with van der Waals surface area (Å²) in [4.78, 5) is 26.1. The number of aliphatic hydroxyl groups is 2. The Balaban J connectivity index is 4.44. The molecule has 0 radical (unpaired) electrons. The lowest BCUT2D eigenvalue weighted by Gasteiger charge is -2.24. The van der Waals surface area contributed by atoms with Crippen molar-refractivity contribution < 1.29 is 24.5 Å². The highest BCUT2D eigenvalue weighted by Gasteiger charge is 2.24. The van der Waals surface area contributed by atoms with Crippen molar-refractivity contribution in [3.05, 3.63) is 72.9 Å². The molecule has 3 N–H and O–H groups in total. The van der Waals surface area contributed by atoms with E-state index in [1.54, 1.807) is 0 Å². The molecular formula is C57H101NO5. The number of hydrogen-bond acceptors (Lipinski definition) is 5. The van der Waals surface area contributed by atoms with Gasteiger partial charge in [-0.25, -0.2) is 0 Å². The second kappa shape index (κ2) is 50.3. The van der Waals surface area contributed by atoms with Crippen molar-refractivity contribution in [2.24, 2.45) is 0 Å². The summed E-state index contributed by atoms with van der Waals surface area (Å²) in [5, 5.41) is 23.8. The molecule has 364 valence electrons. The molecule has 0 saturated heterocycles. The van der Waals surface area contributed by atoms with Crippen LogP contribution in [-0.2, 0) is 14.3 Å². The lowest BCUT2D eigenvalue weighted by molar-refractivity contribution is -0.151. The predicted molar refractivity (Wildman–Crippen MR) is 273 cm³/mol. The third kappa shape index (κ3) is 45.7. The van der Waals surface area contributed by atoms with Crippen LogP contribution < -0.4 is 5.32 Å². The van der Waals surface area contributed by atoms with Crippen molar-refractivity contribution in [1.82, 2.24) is 5.32 Å². The fourth-order valence-corrected chi connectivity index (χ4v) is 7.75. The molecule has 0 spiro atoms. The Labute approximate surface area is 390 Å². The van der Waals surface area contributed by atoms with E-state index in [9.17, 15) is 19.8 Å². The van der Waals surface area contributed by atoms with Crippen molar-refractivity contribution in [1.29, 1.82) is 0 Å². The first-order chi connectivity index (χ1) is 31.0. The van der Waals surface area contributed by atoms with E-state index in [-0.39, 0.29) is 24.9 Å². The van der Waals surface area contributed by atoms with E-state index in [0.29, 0.717) is 19.3 Å². The second-order valence-electron chi connectivity index (χ2n) is 17.9. The maximum Gasteiger partial charge on any atom is 0.306 e. The minimum atomic E-state index is -0.799. The van der Waals surface area contributed by atoms with Crippen LogP contribution in [0.25, 0.3) is 0 Å². The Kier molecular flexibility index (Phi) is 48.1. The van der Waals surface area contributed by atoms with Gasteiger partial charge in [-0.05, 0) is 89.9 Å². The summed E-state index contributed by atoms with van der Waals surface area (Å²) in [5.41, 5.74) is 0. The van der Waals surface area contributed by atoms with E-state index in [0.717, 1.165) is 116 Å². The largest absolute Gasteiger partial charge is 0.462 e. The van der Waals surface area contributed by atoms with Crippen molar-refractivity contribution in [2.75, 3.05) is 6.61 Å². The molecule has 0 aromatic heterocycles. The lowest BCUT2D eigenvalue weighted by Crippen LogP contribution is -2.46. The van der Waals surface area contributed by atoms with E-state index in [1.165, 1.54) is 89.9 Å². The SMILES string of the molecule is CC/C=C\C/C=C\C/C=C\C/C=C\C/C=C\CCCCCC(=O)OC(CCCCC/C=C\CCC)CC(=O)NC(CO)C(O)CCCCCCCCCCCCCCCCCCC. The quantitative estimate of drug-likeness (QED) is 0.0321. The Morgan fingerprint density at radius 2 is 0.889 bits per heavy atom. The summed E-state index contributed by atoms with van der Waals surface area (Å²) in [6.07, 6.45) is 64.1. The molecule has 0 saturated carbocycles. The van der Waals surface area contributed by atoms with E-state index in [2.05, 4.69) is 99.0 Å². The average molecular weight is 880 g/mol. The highest BCUT2D eigenvalue weighted by Crippen LogP contribution is 2.17. The van der Waals surface area contributed by atoms with Crippen LogP contribution in [0.2, 0.25) is 0 Å². The number of carbonyl (C=O) groups excluding carboxylic acids is 2. The van der Waals surface area contributed by atoms with Gasteiger partial charge in [0.05, 0.1) is 25.2 Å². The molecule has 6 nitrogen and oxygen atoms in total. The van der Waals surface area contributed by atoms with Crippen molar-refractivity contribution in [3.63, 3.8) is 0 Å². The molecule has 63 heavy (non-hydrogen) atoms. The summed E-state index contributed by atoms with van der Waals surface area (Å²) in [6, 6.07) is -0.715. The van der Waals surface area contributed by atoms with Gasteiger partial charge >= 0.3 is 5.97 Å². The summed E-state index contributed by atoms with van der Waals surface area (Å²) in [7, 11) is 0. The number of amides is 1. The first kappa shape index (κ1) is 60.3. The van der Waals surface area contributed by atoms with Gasteiger partial charge in [-0.15, -0.1) is 0 Å². The molecule has 0 aromatic carbocycles. The van der Waals surface area contributed by atoms with Gasteiger partial charge in [0, 0.05) is 6.42 Å². The molecule has 6 heteroatoms. The minimum Gasteiger partial charge on any atom is -0.462 e. The smallest absolute Gasteiger partial charge is 0.306 e. The van der Waals surface area contributed by atoms with Crippen LogP contribution in [-0.4, -0.2) is 46.9 Å². The van der Waals surface area contributed by atoms with Gasteiger partial charge in [0.2, 0.25) is 5.91 Å². The fourth-order valence-electron chi connectivity index (χ4n) is 7.75. The van der Waals surface area contributed by atoms with E-state index < -0.39 is 18.2 Å². The first-order valence-electron chi connectivity index (χ1n) is 26.7. The van der Waals surface area contributed by atoms with Gasteiger partial charge in [-0.2, -0.15) is 0 Å². The minimum absolute atomic E-state index is 0.0502. The Hall–Kier alpha value is -2.70. The first-order valence-corrected chi connectivity index (χ1v) is 26.7. The maximum absolute atomic E-state index is 13.2. The van der Waals surface area contributed by atoms with E-state index >= 15 is 0 Å². The zero-order valence-corrected chi connectivity index (χ0v) is 41.4. The summed E-state index contributed by atoms with van der Waals surface area (Å²) < 4.78 is 5.89. The molecule has 0 fully saturated rings. The molecule has 0 bridgehead atoms. The van der Waals surface area contributed by atoms with Gasteiger partial charge in [-0.1, -0.05) is 222 Å². The maximum atomic E-state index is 13.2. The second-order valence-corrected chi connectivity index (χ2v) is 17.9. The van der Waals surface area contributed by atoms with Crippen LogP contribution in [0.15, 0.2) is 72.9 Å². The Morgan fingerprint density at radius 1 is 0.476 bits per heavy atom. The van der Waals surface area contributed by atoms with Gasteiger partial charge in [-0.3, -0.25) is 9.59 Å². The Bertz CT molecular complexity index is 1170. The van der Waals surface area contributed by atoms with Crippen LogP contribution in [0.5, 0.6) is 0 Å². The number of aliphatic hydroxyl groups excluding tert-OH is 2. The molecule has 0 aromatic rings. The molecule has 0 heterocycles. The Morgan fingerprint density at radius 3 is 1.38 bits per heavy atom. The van der Waals surface area contributed by atoms with E-state index in [1.807, 2.05) is 0 Å². The molecule has 0 aliphatic heterocycles. The lowest BCUT2D eigenvalue weighted by atomic mass is 10.0. The third-order valence-corrected chi connectivity index (χ3v) is 11.8. The molecule has 0 aliphatic carbocycles. The molecular weight excluding hydrogens is 779 g/mol. The van der Waals surface area contributed by atoms with Crippen molar-refractivity contribution in [3.8, 4) is 0 Å². The zero-order chi connectivity index (χ0) is 45.9. The van der Waals surface area contributed by atoms with Crippen LogP contribution in [0.3, 0.4) is 0 Å². The van der Waals surface area contributed by atoms with Gasteiger partial charge in [0.15, 0.2) is 0 Å². The van der Waals surface area contributed by atoms with Crippen LogP contribution >= 0.6 is 0 Å². The average Bonchev–Trinajstić information content (AvgIpc) is 3.28. The van der Waals surface area contributed by atoms with Crippen LogP contribution in [0.4, 0.5) is 0 Å². The van der Waals surface area contributed by atoms with Crippen LogP contribution in [0, 0.1) is 0 Å². The van der Waals surface area contributed by atoms with E-state index in [4.69, 9.17) is 4.74 Å². The molecule has 0 rings (SSSR count). The number of hydrogen-bond donors (Lipinski definition) is 3. The monoisotopic (exact) mass is 880 g/mol. The molecule has 3 unspecified atom stereocenters. The fraction of sp³-hybridized carbons (Fsp3) is 0.754. The number of rotatable bonds is 47. The summed E-state index contributed by atoms with van der Waals surface area (Å²) >= 11 is 0. The van der Waals surface area contributed by atoms with Gasteiger partial charge in [0.25, 0.3) is 0 Å². The number of allylic oxidation sites excluding steroid dienone is 12. The summed E-state index contributed by atoms with van der Waals surface area (Å²) in [5.74, 6) is -0.532. The third-order valence-electron chi connectivity index (χ3n) is 11.8. The van der Waals surface area contributed by atoms with Crippen LogP contribution in [0.1, 0.15) is 252 Å². The zero-order valence-electron chi connectivity index (χ0n) is 41.4. The highest BCUT2D eigenvalue weighted by atomic mass is 16.5. The number of nitrogens with one attached hydrogen (secondary N) is 1. The number of carbonyl (C=O) groups is 2. The van der Waals surface area contributed by atoms with Crippen molar-refractivity contribution >= 4 is 11.9 Å². The number of esters is 1. The van der Waals surface area contributed by atoms with Crippen molar-refractivity contribution in [2.45, 2.75) is 270 Å². The predicted octanol–water partition coefficient (Wildman–Crippen LogP) is 16.2. The standard InChI is InChI=1S/C57H101NO5/c1-4-7-10-13-16-19-21-23-25-27-28-30-32-34-36-38-41-44-47-50-57(62)63-53(48-45-42-39-18-15-12-9-6-3)51-56(61)58-54(52-59)55(60)49-46-43-40-37-35-33-31-29-26-24-22-20-17-14-11-8-5-2/h7,10,12,15-16,19,23,25,28,30,34,36,53-55,59-60H,4-6,8-9,11,13-14,17-18,20-22,24,26-27,29,31-33,35,37-52H2,1-3H3,(H,58,61)/b10-7-,15-12-,19-16-,25-23-,30-28-,36-34-. The molecule has 3 atom stereocenters. The number of ether oxygens (including phenoxy) is 1. The van der Waals surface area contributed by atoms with Gasteiger partial charge in [0.1, 0.15) is 6.10 Å². The number of unbranched alkanes of at least 4 members (excludes halogenated alkanes) is 23. The molecule has 1 amide bonds. The molecule has 0 aliphatic rings.